The summed E-state index contributed by atoms with van der Waals surface area (Å²) >= 11 is 0. The first-order valence-electron chi connectivity index (χ1n) is 0.577. The Morgan fingerprint density at radius 2 is 0.556 bits per heavy atom. The predicted molar refractivity (Wildman–Crippen MR) is 32.0 cm³/mol. The van der Waals surface area contributed by atoms with Crippen molar-refractivity contribution in [2.45, 2.75) is 0 Å². The second kappa shape index (κ2) is 258. The predicted octanol–water partition coefficient (Wildman–Crippen LogP) is -3.19. The van der Waals surface area contributed by atoms with Crippen molar-refractivity contribution < 1.29 is 25.4 Å². The molecule has 9 heavy (non-hydrogen) atoms. The van der Waals surface area contributed by atoms with Gasteiger partial charge >= 0.3 is 52.4 Å². The van der Waals surface area contributed by atoms with Gasteiger partial charge in [0.05, 0.1) is 0 Å². The molecule has 0 aromatic heterocycles. The summed E-state index contributed by atoms with van der Waals surface area (Å²) < 4.78 is 16.6. The molecule has 0 aliphatic heterocycles. The van der Waals surface area contributed by atoms with Gasteiger partial charge in [0.1, 0.15) is 0 Å². The van der Waals surface area contributed by atoms with Crippen LogP contribution in [-0.2, 0) is 25.4 Å². The summed E-state index contributed by atoms with van der Waals surface area (Å²) in [6, 6.07) is 0. The van der Waals surface area contributed by atoms with Crippen molar-refractivity contribution in [3.63, 3.8) is 0 Å². The van der Waals surface area contributed by atoms with E-state index in [9.17, 15) is 0 Å². The quantitative estimate of drug-likeness (QED) is 0.292. The molecule has 0 aliphatic carbocycles. The van der Waals surface area contributed by atoms with Crippen LogP contribution in [0.25, 0.3) is 0 Å². The maximum absolute atomic E-state index is 8.28. The summed E-state index contributed by atoms with van der Waals surface area (Å²) in [5.74, 6) is 0. The molecule has 0 bridgehead atoms. The Hall–Kier alpha value is 1.68. The monoisotopic (exact) mass is 558 g/mol. The summed E-state index contributed by atoms with van der Waals surface area (Å²) in [5.41, 5.74) is 0. The molecule has 0 aromatic carbocycles. The van der Waals surface area contributed by atoms with E-state index in [1.807, 2.05) is 0 Å². The summed E-state index contributed by atoms with van der Waals surface area (Å²) in [4.78, 5) is 0. The average Bonchev–Trinajstić information content (AvgIpc) is 1.50. The van der Waals surface area contributed by atoms with Gasteiger partial charge in [-0.2, -0.15) is 0 Å². The molecule has 0 spiro atoms. The van der Waals surface area contributed by atoms with Gasteiger partial charge in [-0.05, 0) is 0 Å². The Bertz CT molecular complexity index is 14.9. The van der Waals surface area contributed by atoms with E-state index in [2.05, 4.69) is 0 Å². The molecule has 0 N–H and O–H groups in total. The molecule has 0 atom stereocenters. The molecule has 0 unspecified atom stereocenters. The third-order valence-corrected chi connectivity index (χ3v) is 0. The van der Waals surface area contributed by atoms with Crippen LogP contribution in [0.15, 0.2) is 0 Å². The van der Waals surface area contributed by atoms with E-state index in [0.717, 1.165) is 0 Å². The third-order valence-electron chi connectivity index (χ3n) is 0. The van der Waals surface area contributed by atoms with Gasteiger partial charge in [-0.1, -0.05) is 0 Å². The molecule has 4 radical (unpaired) electrons. The standard InChI is InChI=1S/2Bi.2H2OSi.3O/c;;2*1-2;;;/h;;2*2H2;;;/q2*+3;;;3*-2. The molecular weight excluding hydrogens is 554 g/mol. The number of hydrogen-bond acceptors (Lipinski definition) is 2. The first kappa shape index (κ1) is 73.9. The Labute approximate surface area is 97.1 Å². The van der Waals surface area contributed by atoms with Gasteiger partial charge in [-0.25, -0.2) is 0 Å². The summed E-state index contributed by atoms with van der Waals surface area (Å²) in [6.07, 6.45) is 0. The van der Waals surface area contributed by atoms with E-state index in [4.69, 9.17) is 8.92 Å². The van der Waals surface area contributed by atoms with Crippen LogP contribution in [0.1, 0.15) is 0 Å². The molecule has 0 rings (SSSR count). The van der Waals surface area contributed by atoms with Crippen molar-refractivity contribution in [2.24, 2.45) is 0 Å². The van der Waals surface area contributed by atoms with Crippen molar-refractivity contribution in [3.8, 4) is 0 Å². The van der Waals surface area contributed by atoms with Crippen molar-refractivity contribution >= 4 is 72.7 Å². The molecule has 0 aromatic rings. The van der Waals surface area contributed by atoms with Crippen LogP contribution >= 0.6 is 0 Å². The molecule has 0 aliphatic rings. The third kappa shape index (κ3) is 202. The molecule has 0 saturated heterocycles. The number of hydrogen-bond donors (Lipinski definition) is 0. The van der Waals surface area contributed by atoms with Crippen LogP contribution < -0.4 is 0 Å². The van der Waals surface area contributed by atoms with Gasteiger partial charge in [0.15, 0.2) is 0 Å². The molecule has 0 heterocycles. The van der Waals surface area contributed by atoms with Crippen molar-refractivity contribution in [3.05, 3.63) is 0 Å². The van der Waals surface area contributed by atoms with Crippen LogP contribution in [0, 0.1) is 0 Å². The van der Waals surface area contributed by atoms with Gasteiger partial charge in [-0.15, -0.1) is 0 Å². The SMILES string of the molecule is O=[SiH2].O=[SiH2].[Bi+3].[Bi+3].[O-2].[O-2].[O-2]. The first-order chi connectivity index (χ1) is 2.00. The van der Waals surface area contributed by atoms with E-state index in [-0.39, 0.29) is 68.8 Å². The number of rotatable bonds is 0. The topological polar surface area (TPSA) is 120 Å². The minimum atomic E-state index is 0. The minimum Gasteiger partial charge on any atom is -2.00 e. The van der Waals surface area contributed by atoms with Crippen LogP contribution in [0.2, 0.25) is 0 Å². The van der Waals surface area contributed by atoms with Crippen LogP contribution in [0.3, 0.4) is 0 Å². The minimum absolute atomic E-state index is 0. The Morgan fingerprint density at radius 3 is 0.556 bits per heavy atom. The fourth-order valence-corrected chi connectivity index (χ4v) is 0. The molecule has 52 valence electrons. The summed E-state index contributed by atoms with van der Waals surface area (Å²) in [5, 5.41) is 0. The van der Waals surface area contributed by atoms with E-state index < -0.39 is 0 Å². The van der Waals surface area contributed by atoms with Gasteiger partial charge in [0.25, 0.3) is 0 Å². The second-order valence-electron chi connectivity index (χ2n) is 0. The maximum atomic E-state index is 8.28. The zero-order valence-corrected chi connectivity index (χ0v) is 14.1. The average molecular weight is 558 g/mol. The second-order valence-corrected chi connectivity index (χ2v) is 0. The molecule has 0 fully saturated rings. The van der Waals surface area contributed by atoms with Gasteiger partial charge in [-0.3, -0.25) is 0 Å². The van der Waals surface area contributed by atoms with Crippen LogP contribution in [0.5, 0.6) is 0 Å². The van der Waals surface area contributed by atoms with Gasteiger partial charge < -0.3 is 25.4 Å². The normalized spacial score (nSPS) is 0.889. The Morgan fingerprint density at radius 1 is 0.556 bits per heavy atom. The fourth-order valence-electron chi connectivity index (χ4n) is 0. The Balaban J connectivity index is -0.00000000114. The van der Waals surface area contributed by atoms with Crippen molar-refractivity contribution in [2.75, 3.05) is 0 Å². The van der Waals surface area contributed by atoms with Gasteiger partial charge in [0, 0.05) is 0 Å². The van der Waals surface area contributed by atoms with E-state index in [0.29, 0.717) is 20.3 Å². The molecule has 5 nitrogen and oxygen atoms in total. The molecular formula is H4Bi2O5Si2. The summed E-state index contributed by atoms with van der Waals surface area (Å²) in [7, 11) is 1.22. The molecule has 0 amide bonds. The smallest absolute Gasteiger partial charge is 2.00 e. The van der Waals surface area contributed by atoms with Crippen LogP contribution in [0.4, 0.5) is 0 Å². The zero-order valence-electron chi connectivity index (χ0n) is 4.35. The maximum Gasteiger partial charge on any atom is 3.00 e. The van der Waals surface area contributed by atoms with E-state index in [1.165, 1.54) is 0 Å². The van der Waals surface area contributed by atoms with Crippen molar-refractivity contribution in [1.82, 2.24) is 0 Å². The zero-order chi connectivity index (χ0) is 4.00. The summed E-state index contributed by atoms with van der Waals surface area (Å²) in [6.45, 7) is 0. The van der Waals surface area contributed by atoms with Crippen LogP contribution in [-0.4, -0.2) is 72.7 Å². The molecule has 9 heteroatoms. The largest absolute Gasteiger partial charge is 3.00 e. The van der Waals surface area contributed by atoms with Crippen molar-refractivity contribution in [1.29, 1.82) is 0 Å². The van der Waals surface area contributed by atoms with E-state index in [1.54, 1.807) is 0 Å². The van der Waals surface area contributed by atoms with E-state index >= 15 is 0 Å². The fraction of sp³-hybridized carbons (Fsp3) is 0. The molecule has 0 saturated carbocycles. The van der Waals surface area contributed by atoms with Gasteiger partial charge in [0.2, 0.25) is 20.3 Å². The Kier molecular flexibility index (Phi) is 2120. The first-order valence-corrected chi connectivity index (χ1v) is 1.73.